The SMILES string of the molecule is Cc1nc(NC(=O)OC(C)(C)C)ccc1CNC(=O)C1CCN(C(=O)OC[C@H]2OCC[C@@H](OC(=O)N3CCN(C(=O)NCc4ccc(CNC(=O)OC(C)(C)C)cc4)CC3)[C@@H]2OCc2ccccc2)CC1. The van der Waals surface area contributed by atoms with Gasteiger partial charge in [0.25, 0.3) is 0 Å². The van der Waals surface area contributed by atoms with Crippen molar-refractivity contribution in [3.8, 4) is 0 Å². The number of aryl methyl sites for hydroxylation is 1. The number of anilines is 1. The molecule has 3 aliphatic heterocycles. The van der Waals surface area contributed by atoms with Gasteiger partial charge in [-0.1, -0.05) is 60.7 Å². The molecule has 0 unspecified atom stereocenters. The highest BCUT2D eigenvalue weighted by molar-refractivity contribution is 5.83. The highest BCUT2D eigenvalue weighted by Gasteiger charge is 2.40. The number of urea groups is 1. The number of amides is 7. The number of nitrogens with zero attached hydrogens (tertiary/aromatic N) is 4. The van der Waals surface area contributed by atoms with E-state index < -0.39 is 53.9 Å². The van der Waals surface area contributed by atoms with Gasteiger partial charge in [0.2, 0.25) is 5.91 Å². The van der Waals surface area contributed by atoms with E-state index in [4.69, 9.17) is 28.4 Å². The molecule has 4 heterocycles. The molecule has 4 N–H and O–H groups in total. The zero-order valence-corrected chi connectivity index (χ0v) is 42.0. The number of rotatable bonds is 14. The molecule has 6 rings (SSSR count). The lowest BCUT2D eigenvalue weighted by Crippen LogP contribution is -2.55. The Morgan fingerprint density at radius 1 is 0.662 bits per heavy atom. The average Bonchev–Trinajstić information content (AvgIpc) is 3.33. The predicted octanol–water partition coefficient (Wildman–Crippen LogP) is 6.63. The molecule has 71 heavy (non-hydrogen) atoms. The summed E-state index contributed by atoms with van der Waals surface area (Å²) in [5.41, 5.74) is 2.90. The fourth-order valence-corrected chi connectivity index (χ4v) is 8.08. The van der Waals surface area contributed by atoms with Gasteiger partial charge in [0, 0.05) is 76.9 Å². The predicted molar refractivity (Wildman–Crippen MR) is 261 cm³/mol. The first kappa shape index (κ1) is 53.7. The zero-order valence-electron chi connectivity index (χ0n) is 42.0. The molecule has 386 valence electrons. The van der Waals surface area contributed by atoms with Crippen LogP contribution in [0.15, 0.2) is 66.7 Å². The molecule has 0 bridgehead atoms. The maximum absolute atomic E-state index is 13.6. The van der Waals surface area contributed by atoms with Crippen LogP contribution in [0.4, 0.5) is 29.8 Å². The van der Waals surface area contributed by atoms with Gasteiger partial charge in [-0.3, -0.25) is 10.1 Å². The maximum Gasteiger partial charge on any atom is 0.413 e. The number of benzene rings is 2. The highest BCUT2D eigenvalue weighted by atomic mass is 16.6. The Hall–Kier alpha value is -6.67. The molecule has 0 aliphatic carbocycles. The van der Waals surface area contributed by atoms with Crippen molar-refractivity contribution in [1.29, 1.82) is 0 Å². The standard InChI is InChI=1S/C51H70N8O12/c1-34-39(17-18-42(55-34)56-47(63)71-51(5,6)7)31-52-44(60)38-19-22-58(23-20-38)48(64)68-33-41-43(67-32-37-11-9-8-10-12-37)40(21-28-66-41)69-49(65)59-26-24-57(25-27-59)45(61)53-29-35-13-15-36(16-14-35)30-54-46(62)70-50(2,3)4/h8-18,38,40-41,43H,19-33H2,1-7H3,(H,52,60)(H,53,61)(H,54,62)(H,55,56,63)/t40-,41-,43+/m1/s1. The van der Waals surface area contributed by atoms with Crippen molar-refractivity contribution < 1.29 is 57.2 Å². The number of carbonyl (C=O) groups excluding carboxylic acids is 6. The summed E-state index contributed by atoms with van der Waals surface area (Å²) >= 11 is 0. The second kappa shape index (κ2) is 24.9. The summed E-state index contributed by atoms with van der Waals surface area (Å²) in [6.45, 7) is 15.5. The number of carbonyl (C=O) groups is 6. The molecule has 3 atom stereocenters. The van der Waals surface area contributed by atoms with E-state index in [1.54, 1.807) is 75.3 Å². The molecule has 0 saturated carbocycles. The lowest BCUT2D eigenvalue weighted by atomic mass is 9.96. The van der Waals surface area contributed by atoms with Gasteiger partial charge in [-0.05, 0) is 89.6 Å². The summed E-state index contributed by atoms with van der Waals surface area (Å²) in [7, 11) is 0. The van der Waals surface area contributed by atoms with Crippen molar-refractivity contribution in [1.82, 2.24) is 35.6 Å². The molecule has 3 aliphatic rings. The number of ether oxygens (including phenoxy) is 6. The van der Waals surface area contributed by atoms with Crippen LogP contribution in [0.3, 0.4) is 0 Å². The van der Waals surface area contributed by atoms with Gasteiger partial charge in [-0.15, -0.1) is 0 Å². The summed E-state index contributed by atoms with van der Waals surface area (Å²) in [5, 5.41) is 11.3. The fraction of sp³-hybridized carbons (Fsp3) is 0.549. The topological polar surface area (TPSA) is 229 Å². The molecule has 2 aromatic carbocycles. The van der Waals surface area contributed by atoms with Crippen LogP contribution in [0, 0.1) is 12.8 Å². The van der Waals surface area contributed by atoms with Crippen LogP contribution in [0.1, 0.15) is 88.8 Å². The number of aromatic nitrogens is 1. The average molecular weight is 987 g/mol. The van der Waals surface area contributed by atoms with Crippen molar-refractivity contribution >= 4 is 42.1 Å². The van der Waals surface area contributed by atoms with E-state index in [1.165, 1.54) is 0 Å². The first-order chi connectivity index (χ1) is 33.8. The summed E-state index contributed by atoms with van der Waals surface area (Å²) < 4.78 is 34.9. The lowest BCUT2D eigenvalue weighted by molar-refractivity contribution is -0.178. The molecule has 7 amide bonds. The summed E-state index contributed by atoms with van der Waals surface area (Å²) in [5.74, 6) is -0.0819. The van der Waals surface area contributed by atoms with Gasteiger partial charge in [0.1, 0.15) is 41.9 Å². The van der Waals surface area contributed by atoms with Gasteiger partial charge in [-0.25, -0.2) is 29.0 Å². The molecule has 20 heteroatoms. The number of alkyl carbamates (subject to hydrolysis) is 1. The zero-order chi connectivity index (χ0) is 51.1. The van der Waals surface area contributed by atoms with E-state index in [0.717, 1.165) is 22.3 Å². The molecule has 3 fully saturated rings. The molecule has 20 nitrogen and oxygen atoms in total. The van der Waals surface area contributed by atoms with Crippen molar-refractivity contribution in [2.24, 2.45) is 5.92 Å². The number of hydrogen-bond donors (Lipinski definition) is 4. The summed E-state index contributed by atoms with van der Waals surface area (Å²) in [6.07, 6.45) is -3.11. The Labute approximate surface area is 415 Å². The minimum absolute atomic E-state index is 0.127. The van der Waals surface area contributed by atoms with Crippen LogP contribution in [0.5, 0.6) is 0 Å². The van der Waals surface area contributed by atoms with E-state index in [1.807, 2.05) is 54.6 Å². The molecule has 0 radical (unpaired) electrons. The number of nitrogens with one attached hydrogen (secondary N) is 4. The summed E-state index contributed by atoms with van der Waals surface area (Å²) in [4.78, 5) is 86.6. The van der Waals surface area contributed by atoms with E-state index in [9.17, 15) is 28.8 Å². The minimum Gasteiger partial charge on any atom is -0.447 e. The van der Waals surface area contributed by atoms with Crippen LogP contribution in [0.2, 0.25) is 0 Å². The largest absolute Gasteiger partial charge is 0.447 e. The van der Waals surface area contributed by atoms with Gasteiger partial charge in [0.15, 0.2) is 0 Å². The maximum atomic E-state index is 13.6. The third-order valence-electron chi connectivity index (χ3n) is 11.9. The second-order valence-corrected chi connectivity index (χ2v) is 19.8. The smallest absolute Gasteiger partial charge is 0.413 e. The van der Waals surface area contributed by atoms with Crippen LogP contribution in [-0.4, -0.2) is 138 Å². The number of hydrogen-bond acceptors (Lipinski definition) is 13. The monoisotopic (exact) mass is 987 g/mol. The minimum atomic E-state index is -0.756. The third-order valence-corrected chi connectivity index (χ3v) is 11.9. The molecular weight excluding hydrogens is 917 g/mol. The Balaban J connectivity index is 0.931. The van der Waals surface area contributed by atoms with E-state index >= 15 is 0 Å². The quantitative estimate of drug-likeness (QED) is 0.125. The molecule has 3 aromatic rings. The number of pyridine rings is 1. The number of piperazine rings is 1. The Kier molecular flexibility index (Phi) is 18.9. The highest BCUT2D eigenvalue weighted by Crippen LogP contribution is 2.26. The van der Waals surface area contributed by atoms with E-state index in [-0.39, 0.29) is 57.3 Å². The normalized spacial score (nSPS) is 18.7. The van der Waals surface area contributed by atoms with Gasteiger partial charge in [-0.2, -0.15) is 0 Å². The summed E-state index contributed by atoms with van der Waals surface area (Å²) in [6, 6.07) is 20.3. The number of likely N-dealkylation sites (tertiary alicyclic amines) is 1. The lowest BCUT2D eigenvalue weighted by Gasteiger charge is -2.39. The molecule has 0 spiro atoms. The molecular formula is C51H70N8O12. The number of piperidine rings is 1. The third kappa shape index (κ3) is 17.3. The first-order valence-corrected chi connectivity index (χ1v) is 24.2. The van der Waals surface area contributed by atoms with Crippen molar-refractivity contribution in [2.45, 2.75) is 123 Å². The van der Waals surface area contributed by atoms with Gasteiger partial charge < -0.3 is 59.1 Å². The van der Waals surface area contributed by atoms with E-state index in [2.05, 4.69) is 26.3 Å². The molecule has 3 saturated heterocycles. The van der Waals surface area contributed by atoms with Crippen molar-refractivity contribution in [2.75, 3.05) is 57.8 Å². The molecule has 1 aromatic heterocycles. The van der Waals surface area contributed by atoms with Crippen LogP contribution < -0.4 is 21.3 Å². The Bertz CT molecular complexity index is 2270. The second-order valence-electron chi connectivity index (χ2n) is 19.8. The van der Waals surface area contributed by atoms with Gasteiger partial charge >= 0.3 is 30.4 Å². The van der Waals surface area contributed by atoms with Crippen LogP contribution >= 0.6 is 0 Å². The van der Waals surface area contributed by atoms with E-state index in [0.29, 0.717) is 70.0 Å². The Morgan fingerprint density at radius 3 is 1.90 bits per heavy atom. The van der Waals surface area contributed by atoms with Gasteiger partial charge in [0.05, 0.1) is 13.2 Å². The van der Waals surface area contributed by atoms with Crippen LogP contribution in [0.25, 0.3) is 0 Å². The first-order valence-electron chi connectivity index (χ1n) is 24.2. The van der Waals surface area contributed by atoms with Crippen molar-refractivity contribution in [3.63, 3.8) is 0 Å². The fourth-order valence-electron chi connectivity index (χ4n) is 8.08. The van der Waals surface area contributed by atoms with Crippen molar-refractivity contribution in [3.05, 3.63) is 94.7 Å². The van der Waals surface area contributed by atoms with Crippen LogP contribution in [-0.2, 0) is 59.5 Å². The Morgan fingerprint density at radius 2 is 1.27 bits per heavy atom.